The average molecular weight is 356 g/mol. The van der Waals surface area contributed by atoms with Crippen LogP contribution in [-0.4, -0.2) is 37.0 Å². The van der Waals surface area contributed by atoms with Crippen LogP contribution in [0.25, 0.3) is 0 Å². The number of anilines is 1. The number of hydrogen-bond donors (Lipinski definition) is 1. The molecule has 0 saturated carbocycles. The first-order chi connectivity index (χ1) is 12.5. The molecule has 0 bridgehead atoms. The number of nitrogens with one attached hydrogen (secondary N) is 1. The van der Waals surface area contributed by atoms with Crippen LogP contribution in [0.15, 0.2) is 48.5 Å². The average Bonchev–Trinajstić information content (AvgIpc) is 2.63. The van der Waals surface area contributed by atoms with Crippen molar-refractivity contribution in [3.8, 4) is 11.5 Å². The number of ether oxygens (including phenoxy) is 2. The van der Waals surface area contributed by atoms with E-state index in [-0.39, 0.29) is 18.4 Å². The summed E-state index contributed by atoms with van der Waals surface area (Å²) in [7, 11) is 1.60. The highest BCUT2D eigenvalue weighted by atomic mass is 16.5. The van der Waals surface area contributed by atoms with Crippen LogP contribution in [0.1, 0.15) is 19.4 Å². The van der Waals surface area contributed by atoms with E-state index in [0.717, 1.165) is 11.3 Å². The van der Waals surface area contributed by atoms with Crippen molar-refractivity contribution in [2.45, 2.75) is 20.4 Å². The summed E-state index contributed by atoms with van der Waals surface area (Å²) < 4.78 is 10.6. The largest absolute Gasteiger partial charge is 0.497 e. The number of amides is 2. The highest BCUT2D eigenvalue weighted by Gasteiger charge is 2.15. The summed E-state index contributed by atoms with van der Waals surface area (Å²) in [6.07, 6.45) is 0. The number of methoxy groups -OCH3 is 1. The van der Waals surface area contributed by atoms with Crippen LogP contribution in [0, 0.1) is 0 Å². The molecule has 6 nitrogen and oxygen atoms in total. The predicted octanol–water partition coefficient (Wildman–Crippen LogP) is 3.08. The molecule has 0 aliphatic rings. The van der Waals surface area contributed by atoms with Crippen molar-refractivity contribution in [3.63, 3.8) is 0 Å². The molecule has 0 aromatic heterocycles. The van der Waals surface area contributed by atoms with Crippen LogP contribution in [0.3, 0.4) is 0 Å². The van der Waals surface area contributed by atoms with Crippen molar-refractivity contribution in [1.29, 1.82) is 0 Å². The lowest BCUT2D eigenvalue weighted by atomic mass is 10.2. The van der Waals surface area contributed by atoms with E-state index in [0.29, 0.717) is 24.6 Å². The van der Waals surface area contributed by atoms with Gasteiger partial charge in [0.2, 0.25) is 11.8 Å². The predicted molar refractivity (Wildman–Crippen MR) is 100 cm³/mol. The number of carbonyl (C=O) groups is 2. The quantitative estimate of drug-likeness (QED) is 0.789. The second kappa shape index (κ2) is 9.46. The highest BCUT2D eigenvalue weighted by Crippen LogP contribution is 2.23. The van der Waals surface area contributed by atoms with E-state index in [2.05, 4.69) is 5.32 Å². The molecule has 0 heterocycles. The van der Waals surface area contributed by atoms with E-state index in [1.54, 1.807) is 19.2 Å². The van der Waals surface area contributed by atoms with Crippen molar-refractivity contribution < 1.29 is 19.1 Å². The third-order valence-corrected chi connectivity index (χ3v) is 3.77. The molecule has 0 saturated heterocycles. The molecule has 26 heavy (non-hydrogen) atoms. The van der Waals surface area contributed by atoms with E-state index in [9.17, 15) is 9.59 Å². The van der Waals surface area contributed by atoms with Crippen molar-refractivity contribution in [2.75, 3.05) is 25.6 Å². The van der Waals surface area contributed by atoms with Crippen LogP contribution < -0.4 is 14.8 Å². The summed E-state index contributed by atoms with van der Waals surface area (Å²) in [6.45, 7) is 4.14. The Bertz CT molecular complexity index is 744. The van der Waals surface area contributed by atoms with Gasteiger partial charge in [0, 0.05) is 13.5 Å². The molecule has 6 heteroatoms. The first-order valence-electron chi connectivity index (χ1n) is 8.43. The maximum Gasteiger partial charge on any atom is 0.244 e. The zero-order valence-electron chi connectivity index (χ0n) is 15.3. The monoisotopic (exact) mass is 356 g/mol. The molecule has 2 rings (SSSR count). The Morgan fingerprint density at radius 1 is 1.08 bits per heavy atom. The smallest absolute Gasteiger partial charge is 0.244 e. The molecule has 0 atom stereocenters. The van der Waals surface area contributed by atoms with Crippen molar-refractivity contribution >= 4 is 17.5 Å². The number of para-hydroxylation sites is 2. The molecule has 0 fully saturated rings. The summed E-state index contributed by atoms with van der Waals surface area (Å²) in [5.74, 6) is 0.899. The van der Waals surface area contributed by atoms with Gasteiger partial charge in [-0.25, -0.2) is 0 Å². The number of rotatable bonds is 8. The van der Waals surface area contributed by atoms with Gasteiger partial charge in [0.1, 0.15) is 18.0 Å². The first kappa shape index (κ1) is 19.3. The number of hydrogen-bond acceptors (Lipinski definition) is 4. The molecule has 0 spiro atoms. The molecule has 2 aromatic carbocycles. The molecule has 138 valence electrons. The molecule has 2 amide bonds. The Hall–Kier alpha value is -3.02. The van der Waals surface area contributed by atoms with Gasteiger partial charge in [-0.1, -0.05) is 24.3 Å². The van der Waals surface area contributed by atoms with Gasteiger partial charge in [0.05, 0.1) is 19.4 Å². The van der Waals surface area contributed by atoms with Gasteiger partial charge in [-0.2, -0.15) is 0 Å². The minimum absolute atomic E-state index is 0.0399. The fourth-order valence-electron chi connectivity index (χ4n) is 2.44. The van der Waals surface area contributed by atoms with Gasteiger partial charge >= 0.3 is 0 Å². The van der Waals surface area contributed by atoms with E-state index < -0.39 is 0 Å². The number of nitrogens with zero attached hydrogens (tertiary/aromatic N) is 1. The topological polar surface area (TPSA) is 67.9 Å². The maximum absolute atomic E-state index is 12.4. The van der Waals surface area contributed by atoms with Crippen LogP contribution >= 0.6 is 0 Å². The summed E-state index contributed by atoms with van der Waals surface area (Å²) >= 11 is 0. The summed E-state index contributed by atoms with van der Waals surface area (Å²) in [5, 5.41) is 2.81. The zero-order chi connectivity index (χ0) is 18.9. The number of carbonyl (C=O) groups excluding carboxylic acids is 2. The summed E-state index contributed by atoms with van der Waals surface area (Å²) in [5.41, 5.74) is 1.51. The van der Waals surface area contributed by atoms with Gasteiger partial charge < -0.3 is 19.7 Å². The fraction of sp³-hybridized carbons (Fsp3) is 0.300. The lowest BCUT2D eigenvalue weighted by molar-refractivity contribution is -0.133. The molecule has 2 aromatic rings. The standard InChI is InChI=1S/C20H24N2O4/c1-4-26-19-8-6-5-7-18(19)21-20(24)14-22(15(2)23)13-16-9-11-17(25-3)12-10-16/h5-12H,4,13-14H2,1-3H3,(H,21,24). The Morgan fingerprint density at radius 2 is 1.77 bits per heavy atom. The van der Waals surface area contributed by atoms with Crippen LogP contribution in [0.2, 0.25) is 0 Å². The van der Waals surface area contributed by atoms with Gasteiger partial charge in [0.25, 0.3) is 0 Å². The van der Waals surface area contributed by atoms with Crippen molar-refractivity contribution in [3.05, 3.63) is 54.1 Å². The van der Waals surface area contributed by atoms with E-state index >= 15 is 0 Å². The Kier molecular flexibility index (Phi) is 7.02. The number of benzene rings is 2. The second-order valence-corrected chi connectivity index (χ2v) is 5.70. The Balaban J connectivity index is 2.02. The molecular formula is C20H24N2O4. The van der Waals surface area contributed by atoms with E-state index in [4.69, 9.17) is 9.47 Å². The van der Waals surface area contributed by atoms with E-state index in [1.807, 2.05) is 43.3 Å². The molecule has 0 radical (unpaired) electrons. The lowest BCUT2D eigenvalue weighted by Crippen LogP contribution is -2.36. The lowest BCUT2D eigenvalue weighted by Gasteiger charge is -2.21. The molecule has 0 aliphatic heterocycles. The minimum Gasteiger partial charge on any atom is -0.497 e. The van der Waals surface area contributed by atoms with Crippen LogP contribution in [-0.2, 0) is 16.1 Å². The fourth-order valence-corrected chi connectivity index (χ4v) is 2.44. The Morgan fingerprint density at radius 3 is 2.38 bits per heavy atom. The SMILES string of the molecule is CCOc1ccccc1NC(=O)CN(Cc1ccc(OC)cc1)C(C)=O. The first-order valence-corrected chi connectivity index (χ1v) is 8.43. The zero-order valence-corrected chi connectivity index (χ0v) is 15.3. The second-order valence-electron chi connectivity index (χ2n) is 5.70. The third kappa shape index (κ3) is 5.51. The molecule has 0 unspecified atom stereocenters. The van der Waals surface area contributed by atoms with Crippen LogP contribution in [0.5, 0.6) is 11.5 Å². The molecule has 0 aliphatic carbocycles. The normalized spacial score (nSPS) is 10.1. The summed E-state index contributed by atoms with van der Waals surface area (Å²) in [4.78, 5) is 25.8. The van der Waals surface area contributed by atoms with Crippen molar-refractivity contribution in [1.82, 2.24) is 4.90 Å². The van der Waals surface area contributed by atoms with Gasteiger partial charge in [-0.3, -0.25) is 9.59 Å². The molecule has 1 N–H and O–H groups in total. The van der Waals surface area contributed by atoms with Crippen molar-refractivity contribution in [2.24, 2.45) is 0 Å². The van der Waals surface area contributed by atoms with Gasteiger partial charge in [-0.05, 0) is 36.8 Å². The Labute approximate surface area is 153 Å². The third-order valence-electron chi connectivity index (χ3n) is 3.77. The highest BCUT2D eigenvalue weighted by molar-refractivity contribution is 5.95. The summed E-state index contributed by atoms with van der Waals surface area (Å²) in [6, 6.07) is 14.6. The minimum atomic E-state index is -0.277. The van der Waals surface area contributed by atoms with E-state index in [1.165, 1.54) is 11.8 Å². The molecular weight excluding hydrogens is 332 g/mol. The van der Waals surface area contributed by atoms with Crippen LogP contribution in [0.4, 0.5) is 5.69 Å². The van der Waals surface area contributed by atoms with Gasteiger partial charge in [0.15, 0.2) is 0 Å². The van der Waals surface area contributed by atoms with Gasteiger partial charge in [-0.15, -0.1) is 0 Å². The maximum atomic E-state index is 12.4.